The zero-order valence-corrected chi connectivity index (χ0v) is 16.4. The van der Waals surface area contributed by atoms with Crippen LogP contribution in [0.4, 0.5) is 0 Å². The number of hydrogen-bond acceptors (Lipinski definition) is 2. The summed E-state index contributed by atoms with van der Waals surface area (Å²) in [5.41, 5.74) is 2.41. The van der Waals surface area contributed by atoms with Gasteiger partial charge in [0, 0.05) is 30.0 Å². The van der Waals surface area contributed by atoms with E-state index in [0.717, 1.165) is 36.3 Å². The van der Waals surface area contributed by atoms with Gasteiger partial charge in [-0.2, -0.15) is 0 Å². The molecule has 26 heavy (non-hydrogen) atoms. The highest BCUT2D eigenvalue weighted by atomic mass is 35.5. The van der Waals surface area contributed by atoms with Gasteiger partial charge >= 0.3 is 0 Å². The van der Waals surface area contributed by atoms with Gasteiger partial charge in [0.15, 0.2) is 0 Å². The Hall–Kier alpha value is -2.27. The van der Waals surface area contributed by atoms with Crippen LogP contribution in [-0.4, -0.2) is 13.9 Å². The minimum Gasteiger partial charge on any atom is -0.348 e. The van der Waals surface area contributed by atoms with Crippen molar-refractivity contribution in [2.24, 2.45) is 7.05 Å². The van der Waals surface area contributed by atoms with Crippen LogP contribution in [0.3, 0.4) is 0 Å². The van der Waals surface area contributed by atoms with Crippen LogP contribution in [-0.2, 0) is 20.1 Å². The van der Waals surface area contributed by atoms with E-state index in [1.54, 1.807) is 19.2 Å². The van der Waals surface area contributed by atoms with Gasteiger partial charge in [-0.25, -0.2) is 9.36 Å². The average molecular weight is 374 g/mol. The SMILES string of the molecule is CCCCn1c(C)c2c(=O)n(C)n(Cc3ccc(Cl)cc3)c(=O)c2c1C. The third kappa shape index (κ3) is 3.01. The summed E-state index contributed by atoms with van der Waals surface area (Å²) in [7, 11) is 1.65. The summed E-state index contributed by atoms with van der Waals surface area (Å²) in [4.78, 5) is 26.2. The van der Waals surface area contributed by atoms with Crippen LogP contribution < -0.4 is 11.1 Å². The summed E-state index contributed by atoms with van der Waals surface area (Å²) >= 11 is 5.94. The summed E-state index contributed by atoms with van der Waals surface area (Å²) in [5, 5.41) is 1.72. The number of benzene rings is 1. The highest BCUT2D eigenvalue weighted by Gasteiger charge is 2.20. The number of nitrogens with zero attached hydrogens (tertiary/aromatic N) is 3. The third-order valence-electron chi connectivity index (χ3n) is 5.08. The first-order valence-corrected chi connectivity index (χ1v) is 9.28. The highest BCUT2D eigenvalue weighted by molar-refractivity contribution is 6.30. The second kappa shape index (κ2) is 7.16. The lowest BCUT2D eigenvalue weighted by Crippen LogP contribution is -2.37. The zero-order valence-electron chi connectivity index (χ0n) is 15.7. The smallest absolute Gasteiger partial charge is 0.275 e. The van der Waals surface area contributed by atoms with Gasteiger partial charge in [0.25, 0.3) is 11.1 Å². The van der Waals surface area contributed by atoms with E-state index in [9.17, 15) is 9.59 Å². The van der Waals surface area contributed by atoms with Gasteiger partial charge in [-0.05, 0) is 38.0 Å². The number of aryl methyl sites for hydroxylation is 2. The van der Waals surface area contributed by atoms with Crippen LogP contribution in [0.15, 0.2) is 33.9 Å². The molecule has 2 heterocycles. The Morgan fingerprint density at radius 1 is 0.962 bits per heavy atom. The van der Waals surface area contributed by atoms with E-state index < -0.39 is 0 Å². The summed E-state index contributed by atoms with van der Waals surface area (Å²) in [6.45, 7) is 7.14. The van der Waals surface area contributed by atoms with Crippen molar-refractivity contribution in [2.45, 2.75) is 46.7 Å². The third-order valence-corrected chi connectivity index (χ3v) is 5.33. The maximum atomic E-state index is 13.2. The van der Waals surface area contributed by atoms with Crippen LogP contribution in [0.5, 0.6) is 0 Å². The molecule has 0 N–H and O–H groups in total. The van der Waals surface area contributed by atoms with Gasteiger partial charge in [0.05, 0.1) is 17.3 Å². The van der Waals surface area contributed by atoms with E-state index >= 15 is 0 Å². The highest BCUT2D eigenvalue weighted by Crippen LogP contribution is 2.20. The van der Waals surface area contributed by atoms with Gasteiger partial charge in [0.1, 0.15) is 0 Å². The number of unbranched alkanes of at least 4 members (excludes halogenated alkanes) is 1. The topological polar surface area (TPSA) is 48.9 Å². The molecule has 2 aromatic heterocycles. The molecule has 0 atom stereocenters. The molecule has 0 fully saturated rings. The van der Waals surface area contributed by atoms with Crippen LogP contribution >= 0.6 is 11.6 Å². The van der Waals surface area contributed by atoms with Crippen LogP contribution in [0.2, 0.25) is 5.02 Å². The monoisotopic (exact) mass is 373 g/mol. The maximum absolute atomic E-state index is 13.2. The Balaban J connectivity index is 2.23. The fraction of sp³-hybridized carbons (Fsp3) is 0.400. The minimum absolute atomic E-state index is 0.132. The quantitative estimate of drug-likeness (QED) is 0.685. The molecular formula is C20H24ClN3O2. The summed E-state index contributed by atoms with van der Waals surface area (Å²) in [6, 6.07) is 7.31. The minimum atomic E-state index is -0.135. The predicted molar refractivity (Wildman–Crippen MR) is 106 cm³/mol. The molecule has 5 nitrogen and oxygen atoms in total. The molecule has 0 amide bonds. The Morgan fingerprint density at radius 3 is 2.12 bits per heavy atom. The Bertz CT molecular complexity index is 1070. The van der Waals surface area contributed by atoms with Gasteiger partial charge in [-0.1, -0.05) is 37.1 Å². The Kier molecular flexibility index (Phi) is 5.10. The second-order valence-electron chi connectivity index (χ2n) is 6.74. The number of aromatic nitrogens is 3. The standard InChI is InChI=1S/C20H24ClN3O2/c1-5-6-11-23-13(2)17-18(14(23)3)20(26)24(22(4)19(17)25)12-15-7-9-16(21)10-8-15/h7-10H,5-6,11-12H2,1-4H3. The lowest BCUT2D eigenvalue weighted by Gasteiger charge is -2.12. The van der Waals surface area contributed by atoms with Crippen molar-refractivity contribution in [1.29, 1.82) is 0 Å². The van der Waals surface area contributed by atoms with Crippen LogP contribution in [0.25, 0.3) is 10.8 Å². The number of halogens is 1. The summed E-state index contributed by atoms with van der Waals surface area (Å²) < 4.78 is 5.03. The van der Waals surface area contributed by atoms with Gasteiger partial charge in [-0.3, -0.25) is 9.59 Å². The Labute approximate surface area is 157 Å². The molecule has 3 rings (SSSR count). The molecular weight excluding hydrogens is 350 g/mol. The molecule has 0 aliphatic rings. The molecule has 0 saturated carbocycles. The molecule has 0 unspecified atom stereocenters. The zero-order chi connectivity index (χ0) is 19.0. The number of fused-ring (bicyclic) bond motifs is 1. The van der Waals surface area contributed by atoms with Crippen LogP contribution in [0.1, 0.15) is 36.7 Å². The number of rotatable bonds is 5. The molecule has 138 valence electrons. The fourth-order valence-corrected chi connectivity index (χ4v) is 3.66. The van der Waals surface area contributed by atoms with Crippen molar-refractivity contribution in [3.63, 3.8) is 0 Å². The molecule has 6 heteroatoms. The van der Waals surface area contributed by atoms with E-state index in [1.165, 1.54) is 9.36 Å². The molecule has 0 aliphatic heterocycles. The number of hydrogen-bond donors (Lipinski definition) is 0. The van der Waals surface area contributed by atoms with E-state index in [1.807, 2.05) is 26.0 Å². The van der Waals surface area contributed by atoms with E-state index in [-0.39, 0.29) is 11.1 Å². The fourth-order valence-electron chi connectivity index (χ4n) is 3.54. The molecule has 1 aromatic carbocycles. The first kappa shape index (κ1) is 18.5. The van der Waals surface area contributed by atoms with E-state index in [4.69, 9.17) is 11.6 Å². The first-order valence-electron chi connectivity index (χ1n) is 8.90. The normalized spacial score (nSPS) is 11.4. The molecule has 0 bridgehead atoms. The van der Waals surface area contributed by atoms with Crippen molar-refractivity contribution in [1.82, 2.24) is 13.9 Å². The summed E-state index contributed by atoms with van der Waals surface area (Å²) in [6.07, 6.45) is 2.08. The second-order valence-corrected chi connectivity index (χ2v) is 7.18. The van der Waals surface area contributed by atoms with Crippen molar-refractivity contribution < 1.29 is 0 Å². The van der Waals surface area contributed by atoms with Crippen molar-refractivity contribution in [3.05, 3.63) is 66.9 Å². The average Bonchev–Trinajstić information content (AvgIpc) is 2.87. The van der Waals surface area contributed by atoms with E-state index in [0.29, 0.717) is 22.3 Å². The molecule has 0 spiro atoms. The lowest BCUT2D eigenvalue weighted by molar-refractivity contribution is 0.504. The van der Waals surface area contributed by atoms with E-state index in [2.05, 4.69) is 11.5 Å². The Morgan fingerprint density at radius 2 is 1.54 bits per heavy atom. The van der Waals surface area contributed by atoms with Crippen molar-refractivity contribution >= 4 is 22.4 Å². The molecule has 0 saturated heterocycles. The van der Waals surface area contributed by atoms with Crippen molar-refractivity contribution in [2.75, 3.05) is 0 Å². The largest absolute Gasteiger partial charge is 0.348 e. The predicted octanol–water partition coefficient (Wildman–Crippen LogP) is 3.62. The maximum Gasteiger partial charge on any atom is 0.275 e. The van der Waals surface area contributed by atoms with Crippen LogP contribution in [0, 0.1) is 13.8 Å². The van der Waals surface area contributed by atoms with Gasteiger partial charge < -0.3 is 4.57 Å². The lowest BCUT2D eigenvalue weighted by atomic mass is 10.2. The summed E-state index contributed by atoms with van der Waals surface area (Å²) in [5.74, 6) is 0. The van der Waals surface area contributed by atoms with Crippen molar-refractivity contribution in [3.8, 4) is 0 Å². The van der Waals surface area contributed by atoms with Gasteiger partial charge in [-0.15, -0.1) is 0 Å². The molecule has 3 aromatic rings. The molecule has 0 radical (unpaired) electrons. The van der Waals surface area contributed by atoms with Gasteiger partial charge in [0.2, 0.25) is 0 Å². The first-order chi connectivity index (χ1) is 12.4. The molecule has 0 aliphatic carbocycles.